The Bertz CT molecular complexity index is 597. The minimum absolute atomic E-state index is 0.0493. The number of aromatic nitrogens is 1. The summed E-state index contributed by atoms with van der Waals surface area (Å²) in [5.74, 6) is -0.411. The Hall–Kier alpha value is -2.48. The van der Waals surface area contributed by atoms with E-state index >= 15 is 0 Å². The van der Waals surface area contributed by atoms with E-state index in [2.05, 4.69) is 10.3 Å². The van der Waals surface area contributed by atoms with Crippen LogP contribution in [0.1, 0.15) is 10.4 Å². The zero-order valence-corrected chi connectivity index (χ0v) is 9.81. The van der Waals surface area contributed by atoms with Crippen molar-refractivity contribution in [1.82, 2.24) is 4.98 Å². The Labute approximate surface area is 105 Å². The normalized spacial score (nSPS) is 10.0. The Morgan fingerprint density at radius 1 is 1.50 bits per heavy atom. The van der Waals surface area contributed by atoms with Crippen LogP contribution in [0.4, 0.5) is 16.5 Å². The lowest BCUT2D eigenvalue weighted by Gasteiger charge is -2.03. The van der Waals surface area contributed by atoms with Gasteiger partial charge in [-0.05, 0) is 12.1 Å². The van der Waals surface area contributed by atoms with Crippen molar-refractivity contribution < 1.29 is 9.72 Å². The van der Waals surface area contributed by atoms with Crippen LogP contribution in [0.3, 0.4) is 0 Å². The van der Waals surface area contributed by atoms with Crippen molar-refractivity contribution in [3.05, 3.63) is 45.5 Å². The molecule has 1 heterocycles. The lowest BCUT2D eigenvalue weighted by atomic mass is 10.1. The van der Waals surface area contributed by atoms with E-state index in [9.17, 15) is 14.9 Å². The van der Waals surface area contributed by atoms with Crippen LogP contribution in [0.5, 0.6) is 0 Å². The number of nitro groups is 1. The number of hydrogen-bond donors (Lipinski definition) is 2. The number of nitrogens with zero attached hydrogens (tertiary/aromatic N) is 2. The lowest BCUT2D eigenvalue weighted by Crippen LogP contribution is -2.12. The largest absolute Gasteiger partial charge is 0.393 e. The molecule has 0 bridgehead atoms. The molecule has 8 heteroatoms. The fourth-order valence-corrected chi connectivity index (χ4v) is 1.84. The Kier molecular flexibility index (Phi) is 3.20. The van der Waals surface area contributed by atoms with Crippen LogP contribution in [-0.2, 0) is 0 Å². The number of thiazole rings is 1. The van der Waals surface area contributed by atoms with Crippen molar-refractivity contribution in [3.8, 4) is 0 Å². The Morgan fingerprint density at radius 2 is 2.28 bits per heavy atom. The van der Waals surface area contributed by atoms with Gasteiger partial charge in [-0.15, -0.1) is 11.3 Å². The molecule has 2 aromatic rings. The molecule has 7 nitrogen and oxygen atoms in total. The summed E-state index contributed by atoms with van der Waals surface area (Å²) in [4.78, 5) is 25.6. The number of rotatable bonds is 3. The SMILES string of the molecule is Nc1cc(C(=O)Nc2nccs2)ccc1[N+](=O)[O-]. The summed E-state index contributed by atoms with van der Waals surface area (Å²) in [6, 6.07) is 3.81. The maximum Gasteiger partial charge on any atom is 0.292 e. The van der Waals surface area contributed by atoms with Gasteiger partial charge in [-0.25, -0.2) is 4.98 Å². The minimum atomic E-state index is -0.599. The highest BCUT2D eigenvalue weighted by molar-refractivity contribution is 7.13. The first-order valence-electron chi connectivity index (χ1n) is 4.82. The van der Waals surface area contributed by atoms with E-state index in [4.69, 9.17) is 5.73 Å². The molecule has 1 amide bonds. The first kappa shape index (κ1) is 12.0. The summed E-state index contributed by atoms with van der Waals surface area (Å²) < 4.78 is 0. The standard InChI is InChI=1S/C10H8N4O3S/c11-7-5-6(1-2-8(7)14(16)17)9(15)13-10-12-3-4-18-10/h1-5H,11H2,(H,12,13,15). The molecular formula is C10H8N4O3S. The number of carbonyl (C=O) groups is 1. The summed E-state index contributed by atoms with van der Waals surface area (Å²) in [6.45, 7) is 0. The zero-order chi connectivity index (χ0) is 13.1. The van der Waals surface area contributed by atoms with Crippen LogP contribution in [0, 0.1) is 10.1 Å². The van der Waals surface area contributed by atoms with Crippen LogP contribution in [0.2, 0.25) is 0 Å². The maximum absolute atomic E-state index is 11.8. The van der Waals surface area contributed by atoms with Crippen LogP contribution < -0.4 is 11.1 Å². The highest BCUT2D eigenvalue weighted by Gasteiger charge is 2.14. The van der Waals surface area contributed by atoms with Crippen molar-refractivity contribution in [1.29, 1.82) is 0 Å². The van der Waals surface area contributed by atoms with Gasteiger partial charge < -0.3 is 5.73 Å². The molecule has 0 atom stereocenters. The Morgan fingerprint density at radius 3 is 2.83 bits per heavy atom. The van der Waals surface area contributed by atoms with Crippen molar-refractivity contribution >= 4 is 33.8 Å². The van der Waals surface area contributed by atoms with Crippen LogP contribution >= 0.6 is 11.3 Å². The van der Waals surface area contributed by atoms with E-state index in [-0.39, 0.29) is 16.9 Å². The predicted molar refractivity (Wildman–Crippen MR) is 67.6 cm³/mol. The smallest absolute Gasteiger partial charge is 0.292 e. The zero-order valence-electron chi connectivity index (χ0n) is 8.99. The number of anilines is 2. The number of hydrogen-bond acceptors (Lipinski definition) is 6. The van der Waals surface area contributed by atoms with Gasteiger partial charge in [0.05, 0.1) is 4.92 Å². The molecule has 0 aliphatic rings. The second kappa shape index (κ2) is 4.80. The van der Waals surface area contributed by atoms with Gasteiger partial charge >= 0.3 is 0 Å². The second-order valence-electron chi connectivity index (χ2n) is 3.32. The van der Waals surface area contributed by atoms with Crippen molar-refractivity contribution in [2.45, 2.75) is 0 Å². The molecule has 0 spiro atoms. The van der Waals surface area contributed by atoms with Gasteiger partial charge in [0.25, 0.3) is 11.6 Å². The summed E-state index contributed by atoms with van der Waals surface area (Å²) in [5, 5.41) is 15.3. The highest BCUT2D eigenvalue weighted by atomic mass is 32.1. The van der Waals surface area contributed by atoms with Crippen molar-refractivity contribution in [2.75, 3.05) is 11.1 Å². The number of benzene rings is 1. The molecule has 0 aliphatic carbocycles. The van der Waals surface area contributed by atoms with Crippen molar-refractivity contribution in [3.63, 3.8) is 0 Å². The van der Waals surface area contributed by atoms with Gasteiger partial charge in [0.1, 0.15) is 5.69 Å². The topological polar surface area (TPSA) is 111 Å². The number of amides is 1. The number of nitro benzene ring substituents is 1. The molecule has 1 aromatic heterocycles. The van der Waals surface area contributed by atoms with Crippen LogP contribution in [-0.4, -0.2) is 15.8 Å². The average Bonchev–Trinajstić information content (AvgIpc) is 2.81. The first-order valence-corrected chi connectivity index (χ1v) is 5.70. The molecular weight excluding hydrogens is 256 g/mol. The quantitative estimate of drug-likeness (QED) is 0.499. The van der Waals surface area contributed by atoms with E-state index < -0.39 is 10.8 Å². The molecule has 0 fully saturated rings. The molecule has 0 radical (unpaired) electrons. The lowest BCUT2D eigenvalue weighted by molar-refractivity contribution is -0.383. The third-order valence-corrected chi connectivity index (χ3v) is 2.83. The van der Waals surface area contributed by atoms with E-state index in [0.29, 0.717) is 5.13 Å². The molecule has 18 heavy (non-hydrogen) atoms. The summed E-state index contributed by atoms with van der Waals surface area (Å²) in [7, 11) is 0. The Balaban J connectivity index is 2.21. The van der Waals surface area contributed by atoms with E-state index in [1.807, 2.05) is 0 Å². The van der Waals surface area contributed by atoms with Gasteiger partial charge in [-0.1, -0.05) is 0 Å². The van der Waals surface area contributed by atoms with Gasteiger partial charge in [0, 0.05) is 23.2 Å². The predicted octanol–water partition coefficient (Wildman–Crippen LogP) is 1.89. The van der Waals surface area contributed by atoms with Gasteiger partial charge in [-0.2, -0.15) is 0 Å². The molecule has 3 N–H and O–H groups in total. The average molecular weight is 264 g/mol. The number of carbonyl (C=O) groups excluding carboxylic acids is 1. The second-order valence-corrected chi connectivity index (χ2v) is 4.22. The van der Waals surface area contributed by atoms with E-state index in [1.165, 1.54) is 29.5 Å². The summed E-state index contributed by atoms with van der Waals surface area (Å²) in [6.07, 6.45) is 1.56. The molecule has 92 valence electrons. The van der Waals surface area contributed by atoms with Gasteiger partial charge in [0.15, 0.2) is 5.13 Å². The van der Waals surface area contributed by atoms with Gasteiger partial charge in [-0.3, -0.25) is 20.2 Å². The number of nitrogens with two attached hydrogens (primary N) is 1. The number of nitrogens with one attached hydrogen (secondary N) is 1. The van der Waals surface area contributed by atoms with Crippen LogP contribution in [0.25, 0.3) is 0 Å². The summed E-state index contributed by atoms with van der Waals surface area (Å²) >= 11 is 1.28. The minimum Gasteiger partial charge on any atom is -0.393 e. The van der Waals surface area contributed by atoms with Crippen LogP contribution in [0.15, 0.2) is 29.8 Å². The number of nitrogen functional groups attached to an aromatic ring is 1. The van der Waals surface area contributed by atoms with Gasteiger partial charge in [0.2, 0.25) is 0 Å². The molecule has 1 aromatic carbocycles. The third kappa shape index (κ3) is 2.43. The maximum atomic E-state index is 11.8. The fourth-order valence-electron chi connectivity index (χ4n) is 1.32. The highest BCUT2D eigenvalue weighted by Crippen LogP contribution is 2.22. The monoisotopic (exact) mass is 264 g/mol. The third-order valence-electron chi connectivity index (χ3n) is 2.14. The van der Waals surface area contributed by atoms with Crippen molar-refractivity contribution in [2.24, 2.45) is 0 Å². The molecule has 2 rings (SSSR count). The molecule has 0 aliphatic heterocycles. The molecule has 0 saturated carbocycles. The fraction of sp³-hybridized carbons (Fsp3) is 0. The summed E-state index contributed by atoms with van der Waals surface area (Å²) in [5.41, 5.74) is 5.47. The van der Waals surface area contributed by atoms with E-state index in [1.54, 1.807) is 11.6 Å². The molecule has 0 unspecified atom stereocenters. The van der Waals surface area contributed by atoms with E-state index in [0.717, 1.165) is 0 Å². The first-order chi connectivity index (χ1) is 8.58. The molecule has 0 saturated heterocycles.